The van der Waals surface area contributed by atoms with Crippen molar-refractivity contribution < 1.29 is 23.1 Å². The van der Waals surface area contributed by atoms with Gasteiger partial charge in [0.1, 0.15) is 10.2 Å². The van der Waals surface area contributed by atoms with Gasteiger partial charge in [0.2, 0.25) is 10.0 Å². The van der Waals surface area contributed by atoms with Crippen LogP contribution in [-0.4, -0.2) is 41.6 Å². The largest absolute Gasteiger partial charge is 0.504 e. The van der Waals surface area contributed by atoms with Gasteiger partial charge in [0.05, 0.1) is 12.0 Å². The molecule has 0 spiro atoms. The number of benzene rings is 1. The van der Waals surface area contributed by atoms with Crippen LogP contribution in [0.4, 0.5) is 0 Å². The third kappa shape index (κ3) is 3.58. The number of phenols is 1. The summed E-state index contributed by atoms with van der Waals surface area (Å²) in [6.07, 6.45) is 1.42. The van der Waals surface area contributed by atoms with E-state index >= 15 is 0 Å². The van der Waals surface area contributed by atoms with Crippen molar-refractivity contribution in [3.8, 4) is 11.5 Å². The fraction of sp³-hybridized carbons (Fsp3) is 0.167. The Morgan fingerprint density at radius 1 is 1.50 bits per heavy atom. The number of aromatic hydroxyl groups is 1. The van der Waals surface area contributed by atoms with E-state index in [9.17, 15) is 18.3 Å². The fourth-order valence-corrected chi connectivity index (χ4v) is 3.77. The van der Waals surface area contributed by atoms with Gasteiger partial charge in [-0.25, -0.2) is 13.6 Å². The second-order valence-electron chi connectivity index (χ2n) is 4.30. The highest BCUT2D eigenvalue weighted by molar-refractivity contribution is 8.26. The first-order chi connectivity index (χ1) is 10.2. The zero-order chi connectivity index (χ0) is 16.5. The van der Waals surface area contributed by atoms with E-state index in [1.54, 1.807) is 18.2 Å². The van der Waals surface area contributed by atoms with Gasteiger partial charge in [0.15, 0.2) is 11.5 Å². The number of sulfonamides is 1. The Morgan fingerprint density at radius 2 is 2.18 bits per heavy atom. The highest BCUT2D eigenvalue weighted by Gasteiger charge is 2.34. The molecular weight excluding hydrogens is 348 g/mol. The van der Waals surface area contributed by atoms with E-state index in [1.807, 2.05) is 0 Å². The summed E-state index contributed by atoms with van der Waals surface area (Å²) in [7, 11) is -2.47. The molecule has 1 aliphatic heterocycles. The predicted octanol–water partition coefficient (Wildman–Crippen LogP) is 0.848. The number of nitrogens with two attached hydrogens (primary N) is 1. The summed E-state index contributed by atoms with van der Waals surface area (Å²) in [5.41, 5.74) is 0.357. The minimum atomic E-state index is -3.88. The Balaban J connectivity index is 2.35. The van der Waals surface area contributed by atoms with Crippen LogP contribution in [0.2, 0.25) is 0 Å². The Morgan fingerprint density at radius 3 is 2.77 bits per heavy atom. The van der Waals surface area contributed by atoms with Gasteiger partial charge in [0.25, 0.3) is 5.91 Å². The molecule has 118 valence electrons. The zero-order valence-corrected chi connectivity index (χ0v) is 13.8. The normalized spacial score (nSPS) is 17.4. The van der Waals surface area contributed by atoms with Gasteiger partial charge in [-0.15, -0.1) is 0 Å². The number of amides is 1. The number of hydrogen-bond acceptors (Lipinski definition) is 7. The van der Waals surface area contributed by atoms with Crippen molar-refractivity contribution in [2.45, 2.75) is 0 Å². The van der Waals surface area contributed by atoms with Crippen LogP contribution >= 0.6 is 24.0 Å². The number of thioether (sulfide) groups is 1. The van der Waals surface area contributed by atoms with Gasteiger partial charge in [-0.05, 0) is 12.1 Å². The van der Waals surface area contributed by atoms with Gasteiger partial charge >= 0.3 is 0 Å². The third-order valence-electron chi connectivity index (χ3n) is 2.72. The number of rotatable bonds is 4. The number of primary sulfonamides is 1. The lowest BCUT2D eigenvalue weighted by atomic mass is 10.1. The molecule has 7 nitrogen and oxygen atoms in total. The molecule has 2 rings (SSSR count). The number of thiocarbonyl (C=S) groups is 1. The number of ether oxygens (including phenoxy) is 1. The number of hydrogen-bond donors (Lipinski definition) is 2. The Kier molecular flexibility index (Phi) is 4.75. The van der Waals surface area contributed by atoms with Crippen LogP contribution in [-0.2, 0) is 14.8 Å². The quantitative estimate of drug-likeness (QED) is 0.605. The number of phenolic OH excluding ortho intramolecular Hbond substituents is 1. The van der Waals surface area contributed by atoms with E-state index in [4.69, 9.17) is 22.1 Å². The summed E-state index contributed by atoms with van der Waals surface area (Å²) in [6.45, 7) is 0. The second-order valence-corrected chi connectivity index (χ2v) is 7.56. The van der Waals surface area contributed by atoms with Gasteiger partial charge in [-0.3, -0.25) is 9.69 Å². The molecule has 0 saturated carbocycles. The Bertz CT molecular complexity index is 773. The van der Waals surface area contributed by atoms with Gasteiger partial charge in [-0.2, -0.15) is 0 Å². The van der Waals surface area contributed by atoms with Gasteiger partial charge < -0.3 is 9.84 Å². The molecule has 1 saturated heterocycles. The van der Waals surface area contributed by atoms with E-state index in [-0.39, 0.29) is 20.7 Å². The number of carbonyl (C=O) groups excluding carboxylic acids is 1. The molecule has 1 aliphatic rings. The van der Waals surface area contributed by atoms with Crippen molar-refractivity contribution in [3.63, 3.8) is 0 Å². The van der Waals surface area contributed by atoms with Crippen molar-refractivity contribution in [3.05, 3.63) is 28.7 Å². The maximum Gasteiger partial charge on any atom is 0.267 e. The average Bonchev–Trinajstić information content (AvgIpc) is 2.67. The maximum absolute atomic E-state index is 12.2. The lowest BCUT2D eigenvalue weighted by molar-refractivity contribution is -0.121. The van der Waals surface area contributed by atoms with E-state index < -0.39 is 21.8 Å². The van der Waals surface area contributed by atoms with Crippen molar-refractivity contribution in [1.82, 2.24) is 4.90 Å². The van der Waals surface area contributed by atoms with Gasteiger partial charge in [-0.1, -0.05) is 36.1 Å². The zero-order valence-electron chi connectivity index (χ0n) is 11.3. The summed E-state index contributed by atoms with van der Waals surface area (Å²) in [6, 6.07) is 4.80. The Labute approximate surface area is 136 Å². The van der Waals surface area contributed by atoms with Gasteiger partial charge in [0, 0.05) is 5.56 Å². The van der Waals surface area contributed by atoms with Crippen molar-refractivity contribution >= 4 is 50.3 Å². The van der Waals surface area contributed by atoms with Crippen LogP contribution < -0.4 is 9.88 Å². The molecule has 1 amide bonds. The summed E-state index contributed by atoms with van der Waals surface area (Å²) in [4.78, 5) is 13.3. The predicted molar refractivity (Wildman–Crippen MR) is 87.6 cm³/mol. The lowest BCUT2D eigenvalue weighted by Gasteiger charge is -2.11. The highest BCUT2D eigenvalue weighted by atomic mass is 32.2. The van der Waals surface area contributed by atoms with Crippen LogP contribution in [0, 0.1) is 0 Å². The molecule has 22 heavy (non-hydrogen) atoms. The first kappa shape index (κ1) is 16.7. The van der Waals surface area contributed by atoms with Crippen molar-refractivity contribution in [1.29, 1.82) is 0 Å². The van der Waals surface area contributed by atoms with Crippen LogP contribution in [0.5, 0.6) is 11.5 Å². The molecule has 0 unspecified atom stereocenters. The summed E-state index contributed by atoms with van der Waals surface area (Å²) < 4.78 is 27.3. The molecule has 1 aromatic rings. The minimum Gasteiger partial charge on any atom is -0.504 e. The molecule has 0 atom stereocenters. The van der Waals surface area contributed by atoms with Crippen LogP contribution in [0.25, 0.3) is 6.08 Å². The molecule has 0 aliphatic carbocycles. The monoisotopic (exact) mass is 360 g/mol. The number of carbonyl (C=O) groups is 1. The first-order valence-electron chi connectivity index (χ1n) is 5.84. The van der Waals surface area contributed by atoms with Crippen molar-refractivity contribution in [2.75, 3.05) is 13.0 Å². The van der Waals surface area contributed by atoms with Crippen LogP contribution in [0.15, 0.2) is 23.1 Å². The standard InChI is InChI=1S/C12H12N2O5S3/c1-19-8-4-2-3-7(10(8)15)5-9-11(16)14(12(20)21-9)6-22(13,17)18/h2-5,15H,6H2,1H3,(H2,13,17,18)/b9-5-. The minimum absolute atomic E-state index is 0.0904. The molecule has 1 fully saturated rings. The molecule has 0 bridgehead atoms. The molecule has 0 radical (unpaired) electrons. The van der Waals surface area contributed by atoms with E-state index in [2.05, 4.69) is 0 Å². The molecule has 1 heterocycles. The second kappa shape index (κ2) is 6.24. The molecule has 10 heteroatoms. The van der Waals surface area contributed by atoms with E-state index in [0.29, 0.717) is 5.56 Å². The fourth-order valence-electron chi connectivity index (χ4n) is 1.75. The van der Waals surface area contributed by atoms with E-state index in [0.717, 1.165) is 16.7 Å². The highest BCUT2D eigenvalue weighted by Crippen LogP contribution is 2.36. The molecule has 1 aromatic carbocycles. The third-order valence-corrected chi connectivity index (χ3v) is 4.72. The lowest BCUT2D eigenvalue weighted by Crippen LogP contribution is -2.36. The first-order valence-corrected chi connectivity index (χ1v) is 8.79. The number of para-hydroxylation sites is 1. The van der Waals surface area contributed by atoms with Crippen LogP contribution in [0.1, 0.15) is 5.56 Å². The summed E-state index contributed by atoms with van der Waals surface area (Å²) in [5, 5.41) is 14.9. The molecular formula is C12H12N2O5S3. The van der Waals surface area contributed by atoms with Crippen molar-refractivity contribution in [2.24, 2.45) is 5.14 Å². The van der Waals surface area contributed by atoms with Crippen LogP contribution in [0.3, 0.4) is 0 Å². The summed E-state index contributed by atoms with van der Waals surface area (Å²) >= 11 is 5.92. The topological polar surface area (TPSA) is 110 Å². The smallest absolute Gasteiger partial charge is 0.267 e. The average molecular weight is 360 g/mol. The maximum atomic E-state index is 12.2. The molecule has 3 N–H and O–H groups in total. The molecule has 0 aromatic heterocycles. The summed E-state index contributed by atoms with van der Waals surface area (Å²) in [5.74, 6) is -1.12. The Hall–Kier alpha value is -1.62. The SMILES string of the molecule is COc1cccc(/C=C2\SC(=S)N(CS(N)(=O)=O)C2=O)c1O. The van der Waals surface area contributed by atoms with E-state index in [1.165, 1.54) is 13.2 Å². The number of nitrogens with zero attached hydrogens (tertiary/aromatic N) is 1. The number of methoxy groups -OCH3 is 1.